The summed E-state index contributed by atoms with van der Waals surface area (Å²) in [6.07, 6.45) is 0.438. The van der Waals surface area contributed by atoms with Crippen molar-refractivity contribution in [3.05, 3.63) is 106 Å². The summed E-state index contributed by atoms with van der Waals surface area (Å²) in [5.74, 6) is -2.34. The van der Waals surface area contributed by atoms with Crippen molar-refractivity contribution >= 4 is 22.7 Å². The summed E-state index contributed by atoms with van der Waals surface area (Å²) >= 11 is 0. The second-order valence-electron chi connectivity index (χ2n) is 8.88. The number of methoxy groups -OCH3 is 1. The van der Waals surface area contributed by atoms with E-state index >= 15 is 0 Å². The van der Waals surface area contributed by atoms with Crippen LogP contribution in [0.2, 0.25) is 0 Å². The number of hydrogen-bond donors (Lipinski definition) is 0. The zero-order valence-corrected chi connectivity index (χ0v) is 20.0. The Morgan fingerprint density at radius 3 is 2.31 bits per heavy atom. The third-order valence-corrected chi connectivity index (χ3v) is 6.16. The lowest BCUT2D eigenvalue weighted by molar-refractivity contribution is 0.0600. The quantitative estimate of drug-likeness (QED) is 0.211. The first-order chi connectivity index (χ1) is 16.8. The number of aromatic nitrogens is 1. The van der Waals surface area contributed by atoms with E-state index in [0.29, 0.717) is 29.7 Å². The van der Waals surface area contributed by atoms with Gasteiger partial charge in [-0.3, -0.25) is 4.79 Å². The van der Waals surface area contributed by atoms with Crippen molar-refractivity contribution in [2.75, 3.05) is 7.11 Å². The summed E-state index contributed by atoms with van der Waals surface area (Å²) in [7, 11) is 1.34. The second kappa shape index (κ2) is 10.2. The molecule has 0 aliphatic heterocycles. The minimum Gasteiger partial charge on any atom is -0.465 e. The molecule has 1 heterocycles. The normalized spacial score (nSPS) is 11.3. The number of esters is 1. The van der Waals surface area contributed by atoms with E-state index in [1.165, 1.54) is 13.2 Å². The molecule has 4 rings (SSSR count). The van der Waals surface area contributed by atoms with Crippen molar-refractivity contribution in [3.63, 3.8) is 0 Å². The number of Topliss-reactive ketones (excluding diaryl/α,β-unsaturated/α-hetero) is 1. The van der Waals surface area contributed by atoms with Crippen LogP contribution < -0.4 is 0 Å². The first-order valence-corrected chi connectivity index (χ1v) is 11.6. The van der Waals surface area contributed by atoms with E-state index in [4.69, 9.17) is 4.74 Å². The Morgan fingerprint density at radius 2 is 1.66 bits per heavy atom. The third-order valence-electron chi connectivity index (χ3n) is 6.16. The molecule has 1 aromatic heterocycles. The van der Waals surface area contributed by atoms with Gasteiger partial charge in [-0.15, -0.1) is 0 Å². The van der Waals surface area contributed by atoms with Gasteiger partial charge in [0, 0.05) is 29.6 Å². The number of fused-ring (bicyclic) bond motifs is 1. The van der Waals surface area contributed by atoms with Gasteiger partial charge in [-0.05, 0) is 47.7 Å². The lowest BCUT2D eigenvalue weighted by Crippen LogP contribution is -2.11. The topological polar surface area (TPSA) is 48.3 Å². The number of aryl methyl sites for hydroxylation is 1. The molecule has 4 nitrogen and oxygen atoms in total. The number of hydrogen-bond acceptors (Lipinski definition) is 3. The van der Waals surface area contributed by atoms with E-state index in [2.05, 4.69) is 4.57 Å². The van der Waals surface area contributed by atoms with E-state index in [0.717, 1.165) is 34.3 Å². The van der Waals surface area contributed by atoms with Crippen LogP contribution in [-0.2, 0) is 17.7 Å². The van der Waals surface area contributed by atoms with Crippen LogP contribution in [0.5, 0.6) is 0 Å². The van der Waals surface area contributed by atoms with Gasteiger partial charge < -0.3 is 9.30 Å². The molecule has 3 aromatic carbocycles. The number of carbonyl (C=O) groups is 2. The summed E-state index contributed by atoms with van der Waals surface area (Å²) in [6.45, 7) is 4.60. The third kappa shape index (κ3) is 5.02. The number of halogens is 2. The molecule has 4 aromatic rings. The molecule has 0 amide bonds. The van der Waals surface area contributed by atoms with E-state index in [1.807, 2.05) is 44.2 Å². The van der Waals surface area contributed by atoms with Crippen LogP contribution in [0.25, 0.3) is 10.9 Å². The Balaban J connectivity index is 1.81. The molecule has 0 N–H and O–H groups in total. The summed E-state index contributed by atoms with van der Waals surface area (Å²) in [5, 5.41) is 0.757. The summed E-state index contributed by atoms with van der Waals surface area (Å²) in [6, 6.07) is 18.8. The van der Waals surface area contributed by atoms with E-state index in [1.54, 1.807) is 18.2 Å². The van der Waals surface area contributed by atoms with Gasteiger partial charge >= 0.3 is 5.97 Å². The highest BCUT2D eigenvalue weighted by Crippen LogP contribution is 2.34. The van der Waals surface area contributed by atoms with Crippen LogP contribution in [0.1, 0.15) is 63.7 Å². The lowest BCUT2D eigenvalue weighted by Gasteiger charge is -2.15. The minimum atomic E-state index is -0.923. The van der Waals surface area contributed by atoms with Crippen molar-refractivity contribution in [1.82, 2.24) is 4.57 Å². The largest absolute Gasteiger partial charge is 0.465 e. The lowest BCUT2D eigenvalue weighted by atomic mass is 9.96. The fourth-order valence-electron chi connectivity index (χ4n) is 4.52. The highest BCUT2D eigenvalue weighted by Gasteiger charge is 2.25. The second-order valence-corrected chi connectivity index (χ2v) is 8.88. The van der Waals surface area contributed by atoms with Gasteiger partial charge in [-0.1, -0.05) is 56.3 Å². The van der Waals surface area contributed by atoms with Gasteiger partial charge in [0.05, 0.1) is 18.2 Å². The average Bonchev–Trinajstić information content (AvgIpc) is 3.18. The molecule has 6 heteroatoms. The van der Waals surface area contributed by atoms with Crippen molar-refractivity contribution in [3.8, 4) is 0 Å². The first-order valence-electron chi connectivity index (χ1n) is 11.6. The van der Waals surface area contributed by atoms with Crippen molar-refractivity contribution in [2.24, 2.45) is 0 Å². The molecule has 0 fully saturated rings. The minimum absolute atomic E-state index is 0.0231. The number of rotatable bonds is 8. The molecule has 180 valence electrons. The van der Waals surface area contributed by atoms with Crippen molar-refractivity contribution < 1.29 is 23.1 Å². The Hall–Kier alpha value is -3.80. The summed E-state index contributed by atoms with van der Waals surface area (Å²) in [4.78, 5) is 25.8. The fourth-order valence-corrected chi connectivity index (χ4v) is 4.52. The number of ether oxygens (including phenoxy) is 1. The number of nitrogens with zero attached hydrogens (tertiary/aromatic N) is 1. The van der Waals surface area contributed by atoms with Crippen LogP contribution in [0.15, 0.2) is 66.7 Å². The van der Waals surface area contributed by atoms with Gasteiger partial charge in [-0.25, -0.2) is 13.6 Å². The van der Waals surface area contributed by atoms with Crippen LogP contribution in [0.3, 0.4) is 0 Å². The van der Waals surface area contributed by atoms with E-state index in [-0.39, 0.29) is 18.1 Å². The Kier molecular flexibility index (Phi) is 7.10. The van der Waals surface area contributed by atoms with Gasteiger partial charge in [0.15, 0.2) is 17.4 Å². The Bertz CT molecular complexity index is 1390. The van der Waals surface area contributed by atoms with E-state index in [9.17, 15) is 18.4 Å². The molecular weight excluding hydrogens is 448 g/mol. The van der Waals surface area contributed by atoms with Gasteiger partial charge in [0.25, 0.3) is 0 Å². The molecule has 0 saturated heterocycles. The SMILES string of the molecule is COC(=O)c1ccc2c(C(=O)CCc3ccc(F)c(F)c3)c(C(C)C)n(Cc3ccccc3)c2c1. The number of carbonyl (C=O) groups excluding carboxylic acids is 2. The molecule has 0 aliphatic rings. The summed E-state index contributed by atoms with van der Waals surface area (Å²) < 4.78 is 33.9. The fraction of sp³-hybridized carbons (Fsp3) is 0.241. The maximum atomic E-state index is 13.6. The monoisotopic (exact) mass is 475 g/mol. The molecule has 0 saturated carbocycles. The molecule has 0 radical (unpaired) electrons. The van der Waals surface area contributed by atoms with Crippen molar-refractivity contribution in [1.29, 1.82) is 0 Å². The van der Waals surface area contributed by atoms with Crippen LogP contribution in [-0.4, -0.2) is 23.4 Å². The van der Waals surface area contributed by atoms with Crippen molar-refractivity contribution in [2.45, 2.75) is 39.2 Å². The maximum Gasteiger partial charge on any atom is 0.337 e. The zero-order valence-electron chi connectivity index (χ0n) is 20.0. The van der Waals surface area contributed by atoms with Gasteiger partial charge in [-0.2, -0.15) is 0 Å². The maximum absolute atomic E-state index is 13.6. The van der Waals surface area contributed by atoms with Crippen LogP contribution >= 0.6 is 0 Å². The van der Waals surface area contributed by atoms with Crippen LogP contribution in [0, 0.1) is 11.6 Å². The van der Waals surface area contributed by atoms with Gasteiger partial charge in [0.2, 0.25) is 0 Å². The molecule has 0 bridgehead atoms. The highest BCUT2D eigenvalue weighted by molar-refractivity contribution is 6.11. The zero-order chi connectivity index (χ0) is 25.1. The van der Waals surface area contributed by atoms with Gasteiger partial charge in [0.1, 0.15) is 0 Å². The predicted octanol–water partition coefficient (Wildman–Crippen LogP) is 6.69. The first kappa shape index (κ1) is 24.3. The highest BCUT2D eigenvalue weighted by atomic mass is 19.2. The number of ketones is 1. The predicted molar refractivity (Wildman–Crippen MR) is 132 cm³/mol. The molecule has 0 atom stereocenters. The molecular formula is C29H27F2NO3. The molecule has 0 aliphatic carbocycles. The Labute approximate surface area is 203 Å². The average molecular weight is 476 g/mol. The molecule has 0 unspecified atom stereocenters. The summed E-state index contributed by atoms with van der Waals surface area (Å²) in [5.41, 5.74) is 4.28. The molecule has 0 spiro atoms. The smallest absolute Gasteiger partial charge is 0.337 e. The Morgan fingerprint density at radius 1 is 0.914 bits per heavy atom. The van der Waals surface area contributed by atoms with Crippen LogP contribution in [0.4, 0.5) is 8.78 Å². The van der Waals surface area contributed by atoms with E-state index < -0.39 is 17.6 Å². The number of benzene rings is 3. The standard InChI is InChI=1S/C29H27F2NO3/c1-18(2)28-27(26(33)14-10-19-9-13-23(30)24(31)15-19)22-12-11-21(29(34)35-3)16-25(22)32(28)17-20-7-5-4-6-8-20/h4-9,11-13,15-16,18H,10,14,17H2,1-3H3. The molecule has 35 heavy (non-hydrogen) atoms.